The van der Waals surface area contributed by atoms with Crippen molar-refractivity contribution in [2.75, 3.05) is 20.3 Å². The molecule has 0 fully saturated rings. The summed E-state index contributed by atoms with van der Waals surface area (Å²) >= 11 is 0. The molecular weight excluding hydrogens is 356 g/mol. The Bertz CT molecular complexity index is 760. The molecule has 2 rings (SSSR count). The summed E-state index contributed by atoms with van der Waals surface area (Å²) in [6, 6.07) is 15.8. The van der Waals surface area contributed by atoms with Crippen molar-refractivity contribution >= 4 is 11.8 Å². The minimum Gasteiger partial charge on any atom is -0.497 e. The summed E-state index contributed by atoms with van der Waals surface area (Å²) < 4.78 is 5.19. The summed E-state index contributed by atoms with van der Waals surface area (Å²) in [6.45, 7) is 3.89. The fourth-order valence-corrected chi connectivity index (χ4v) is 2.94. The molecule has 1 unspecified atom stereocenters. The largest absolute Gasteiger partial charge is 0.497 e. The van der Waals surface area contributed by atoms with Crippen molar-refractivity contribution in [3.05, 3.63) is 65.7 Å². The lowest BCUT2D eigenvalue weighted by atomic mass is 10.0. The molecule has 0 aliphatic rings. The number of aliphatic hydroxyl groups is 1. The number of benzene rings is 2. The van der Waals surface area contributed by atoms with Crippen LogP contribution in [-0.2, 0) is 16.1 Å². The SMILES string of the molecule is COc1ccc(CN(C(=O)C(C)C)C(C(=O)NCCO)c2ccccc2)cc1. The van der Waals surface area contributed by atoms with Gasteiger partial charge < -0.3 is 20.1 Å². The van der Waals surface area contributed by atoms with Gasteiger partial charge in [0.1, 0.15) is 11.8 Å². The van der Waals surface area contributed by atoms with Crippen molar-refractivity contribution in [2.24, 2.45) is 5.92 Å². The molecule has 2 aromatic carbocycles. The smallest absolute Gasteiger partial charge is 0.247 e. The fourth-order valence-electron chi connectivity index (χ4n) is 2.94. The van der Waals surface area contributed by atoms with E-state index in [0.717, 1.165) is 16.9 Å². The van der Waals surface area contributed by atoms with Crippen LogP contribution in [0.15, 0.2) is 54.6 Å². The van der Waals surface area contributed by atoms with Crippen LogP contribution in [0.1, 0.15) is 31.0 Å². The number of hydrogen-bond acceptors (Lipinski definition) is 4. The highest BCUT2D eigenvalue weighted by atomic mass is 16.5. The monoisotopic (exact) mass is 384 g/mol. The summed E-state index contributed by atoms with van der Waals surface area (Å²) in [5.41, 5.74) is 1.62. The summed E-state index contributed by atoms with van der Waals surface area (Å²) in [4.78, 5) is 27.6. The number of carbonyl (C=O) groups excluding carboxylic acids is 2. The Balaban J connectivity index is 2.42. The van der Waals surface area contributed by atoms with Crippen molar-refractivity contribution in [3.8, 4) is 5.75 Å². The molecule has 1 atom stereocenters. The van der Waals surface area contributed by atoms with Crippen molar-refractivity contribution < 1.29 is 19.4 Å². The summed E-state index contributed by atoms with van der Waals surface area (Å²) in [5.74, 6) is 0.0208. The first-order valence-corrected chi connectivity index (χ1v) is 9.34. The normalized spacial score (nSPS) is 11.8. The van der Waals surface area contributed by atoms with E-state index in [4.69, 9.17) is 9.84 Å². The third-order valence-electron chi connectivity index (χ3n) is 4.38. The van der Waals surface area contributed by atoms with E-state index in [2.05, 4.69) is 5.32 Å². The van der Waals surface area contributed by atoms with Crippen LogP contribution in [0.3, 0.4) is 0 Å². The van der Waals surface area contributed by atoms with Gasteiger partial charge in [0.15, 0.2) is 0 Å². The number of aliphatic hydroxyl groups excluding tert-OH is 1. The molecule has 0 bridgehead atoms. The van der Waals surface area contributed by atoms with Crippen molar-refractivity contribution in [2.45, 2.75) is 26.4 Å². The molecule has 0 aliphatic heterocycles. The van der Waals surface area contributed by atoms with E-state index in [9.17, 15) is 9.59 Å². The minimum atomic E-state index is -0.787. The van der Waals surface area contributed by atoms with E-state index in [0.29, 0.717) is 0 Å². The van der Waals surface area contributed by atoms with Gasteiger partial charge >= 0.3 is 0 Å². The zero-order valence-electron chi connectivity index (χ0n) is 16.6. The Morgan fingerprint density at radius 1 is 1.07 bits per heavy atom. The predicted octanol–water partition coefficient (Wildman–Crippen LogP) is 2.53. The molecule has 2 amide bonds. The van der Waals surface area contributed by atoms with Gasteiger partial charge in [-0.25, -0.2) is 0 Å². The molecule has 2 N–H and O–H groups in total. The molecule has 2 aromatic rings. The van der Waals surface area contributed by atoms with Crippen molar-refractivity contribution in [1.82, 2.24) is 10.2 Å². The standard InChI is InChI=1S/C22H28N2O4/c1-16(2)22(27)24(15-17-9-11-19(28-3)12-10-17)20(21(26)23-13-14-25)18-7-5-4-6-8-18/h4-12,16,20,25H,13-15H2,1-3H3,(H,23,26). The highest BCUT2D eigenvalue weighted by Gasteiger charge is 2.32. The maximum absolute atomic E-state index is 13.0. The molecule has 6 heteroatoms. The van der Waals surface area contributed by atoms with Crippen LogP contribution in [0.25, 0.3) is 0 Å². The number of hydrogen-bond donors (Lipinski definition) is 2. The van der Waals surface area contributed by atoms with E-state index in [1.165, 1.54) is 0 Å². The molecule has 0 spiro atoms. The van der Waals surface area contributed by atoms with E-state index in [1.807, 2.05) is 68.4 Å². The summed E-state index contributed by atoms with van der Waals surface area (Å²) in [7, 11) is 1.60. The molecule has 28 heavy (non-hydrogen) atoms. The lowest BCUT2D eigenvalue weighted by molar-refractivity contribution is -0.144. The van der Waals surface area contributed by atoms with E-state index >= 15 is 0 Å². The minimum absolute atomic E-state index is 0.121. The molecule has 0 heterocycles. The van der Waals surface area contributed by atoms with Crippen LogP contribution in [-0.4, -0.2) is 42.1 Å². The first-order valence-electron chi connectivity index (χ1n) is 9.34. The zero-order valence-corrected chi connectivity index (χ0v) is 16.6. The Morgan fingerprint density at radius 3 is 2.25 bits per heavy atom. The van der Waals surface area contributed by atoms with Crippen molar-refractivity contribution in [3.63, 3.8) is 0 Å². The van der Waals surface area contributed by atoms with Crippen LogP contribution in [0, 0.1) is 5.92 Å². The summed E-state index contributed by atoms with van der Waals surface area (Å²) in [6.07, 6.45) is 0. The maximum Gasteiger partial charge on any atom is 0.247 e. The number of carbonyl (C=O) groups is 2. The Labute approximate surface area is 166 Å². The Hall–Kier alpha value is -2.86. The second-order valence-corrected chi connectivity index (χ2v) is 6.80. The number of nitrogens with zero attached hydrogens (tertiary/aromatic N) is 1. The number of methoxy groups -OCH3 is 1. The Morgan fingerprint density at radius 2 is 1.71 bits per heavy atom. The third-order valence-corrected chi connectivity index (χ3v) is 4.38. The number of nitrogens with one attached hydrogen (secondary N) is 1. The lowest BCUT2D eigenvalue weighted by Gasteiger charge is -2.33. The molecule has 0 aliphatic carbocycles. The van der Waals surface area contributed by atoms with E-state index < -0.39 is 6.04 Å². The predicted molar refractivity (Wildman–Crippen MR) is 108 cm³/mol. The van der Waals surface area contributed by atoms with Gasteiger partial charge in [-0.2, -0.15) is 0 Å². The van der Waals surface area contributed by atoms with Gasteiger partial charge in [-0.15, -0.1) is 0 Å². The molecule has 0 aromatic heterocycles. The van der Waals surface area contributed by atoms with Gasteiger partial charge in [-0.1, -0.05) is 56.3 Å². The number of ether oxygens (including phenoxy) is 1. The van der Waals surface area contributed by atoms with Crippen molar-refractivity contribution in [1.29, 1.82) is 0 Å². The second-order valence-electron chi connectivity index (χ2n) is 6.80. The molecule has 0 saturated carbocycles. The van der Waals surface area contributed by atoms with Gasteiger partial charge in [0, 0.05) is 19.0 Å². The number of amides is 2. The molecular formula is C22H28N2O4. The molecule has 0 saturated heterocycles. The molecule has 150 valence electrons. The van der Waals surface area contributed by atoms with Crippen LogP contribution >= 0.6 is 0 Å². The highest BCUT2D eigenvalue weighted by molar-refractivity contribution is 5.89. The van der Waals surface area contributed by atoms with E-state index in [-0.39, 0.29) is 37.4 Å². The first kappa shape index (κ1) is 21.4. The fraction of sp³-hybridized carbons (Fsp3) is 0.364. The van der Waals surface area contributed by atoms with Crippen LogP contribution in [0.2, 0.25) is 0 Å². The first-order chi connectivity index (χ1) is 13.5. The average molecular weight is 384 g/mol. The van der Waals surface area contributed by atoms with Gasteiger partial charge in [-0.05, 0) is 23.3 Å². The second kappa shape index (κ2) is 10.5. The highest BCUT2D eigenvalue weighted by Crippen LogP contribution is 2.26. The van der Waals surface area contributed by atoms with Crippen LogP contribution in [0.5, 0.6) is 5.75 Å². The van der Waals surface area contributed by atoms with Gasteiger partial charge in [0.2, 0.25) is 11.8 Å². The van der Waals surface area contributed by atoms with Crippen LogP contribution in [0.4, 0.5) is 0 Å². The van der Waals surface area contributed by atoms with E-state index in [1.54, 1.807) is 12.0 Å². The summed E-state index contributed by atoms with van der Waals surface area (Å²) in [5, 5.41) is 11.8. The molecule has 0 radical (unpaired) electrons. The quantitative estimate of drug-likeness (QED) is 0.696. The topological polar surface area (TPSA) is 78.9 Å². The van der Waals surface area contributed by atoms with Gasteiger partial charge in [-0.3, -0.25) is 9.59 Å². The zero-order chi connectivity index (χ0) is 20.5. The number of rotatable bonds is 9. The molecule has 6 nitrogen and oxygen atoms in total. The average Bonchev–Trinajstić information content (AvgIpc) is 2.72. The maximum atomic E-state index is 13.0. The van der Waals surface area contributed by atoms with Gasteiger partial charge in [0.25, 0.3) is 0 Å². The lowest BCUT2D eigenvalue weighted by Crippen LogP contribution is -2.45. The van der Waals surface area contributed by atoms with Gasteiger partial charge in [0.05, 0.1) is 13.7 Å². The third kappa shape index (κ3) is 5.57. The van der Waals surface area contributed by atoms with Crippen LogP contribution < -0.4 is 10.1 Å². The Kier molecular flexibility index (Phi) is 8.02.